The number of nitrogens with two attached hydrogens (primary N) is 2. The quantitative estimate of drug-likeness (QED) is 0.265. The van der Waals surface area contributed by atoms with Crippen LogP contribution in [0, 0.1) is 17.1 Å². The molecule has 1 aliphatic heterocycles. The Morgan fingerprint density at radius 2 is 2.00 bits per heavy atom. The predicted octanol–water partition coefficient (Wildman–Crippen LogP) is 3.94. The van der Waals surface area contributed by atoms with E-state index in [4.69, 9.17) is 21.3 Å². The number of amides is 1. The second kappa shape index (κ2) is 10.1. The van der Waals surface area contributed by atoms with Crippen molar-refractivity contribution in [2.24, 2.45) is 5.73 Å². The number of para-hydroxylation sites is 1. The maximum atomic E-state index is 15.4. The monoisotopic (exact) mass is 538 g/mol. The zero-order valence-corrected chi connectivity index (χ0v) is 21.6. The number of rotatable bonds is 7. The number of carbonyl (C=O) groups excluding carboxylic acids is 1. The maximum Gasteiger partial charge on any atom is 0.264 e. The molecule has 0 bridgehead atoms. The maximum absolute atomic E-state index is 15.4. The number of nitrogens with zero attached hydrogens (tertiary/aromatic N) is 6. The standard InChI is InChI=1S/C29H27FN8O2/c30-23-13-21(40-20-6-2-1-3-7-20)8-9-22(23)25-24-26(32)34-17-35-27(24)38(36-25)16-19-5-4-12-37(19)28(39)18(15-31)14-29(33)10-11-29/h1-3,6-9,13-14,17,19H,4-5,10-12,16,33H2,(H2,32,34,35)/b18-14+/t19-/m1/s1. The second-order valence-corrected chi connectivity index (χ2v) is 10.2. The third-order valence-corrected chi connectivity index (χ3v) is 7.36. The van der Waals surface area contributed by atoms with Gasteiger partial charge in [0.1, 0.15) is 46.8 Å². The van der Waals surface area contributed by atoms with Crippen LogP contribution in [0.4, 0.5) is 10.2 Å². The first-order valence-corrected chi connectivity index (χ1v) is 13.1. The van der Waals surface area contributed by atoms with Gasteiger partial charge in [-0.25, -0.2) is 19.0 Å². The lowest BCUT2D eigenvalue weighted by Crippen LogP contribution is -2.39. The number of nitrogen functional groups attached to an aromatic ring is 1. The summed E-state index contributed by atoms with van der Waals surface area (Å²) in [4.78, 5) is 23.5. The number of hydrogen-bond acceptors (Lipinski definition) is 8. The van der Waals surface area contributed by atoms with Crippen LogP contribution < -0.4 is 16.2 Å². The Bertz CT molecular complexity index is 1670. The fourth-order valence-corrected chi connectivity index (χ4v) is 5.09. The van der Waals surface area contributed by atoms with Gasteiger partial charge in [0, 0.05) is 23.7 Å². The van der Waals surface area contributed by atoms with Gasteiger partial charge in [0.05, 0.1) is 18.0 Å². The van der Waals surface area contributed by atoms with E-state index in [9.17, 15) is 10.1 Å². The van der Waals surface area contributed by atoms with Crippen LogP contribution in [-0.4, -0.2) is 48.7 Å². The van der Waals surface area contributed by atoms with Crippen LogP contribution in [0.3, 0.4) is 0 Å². The number of anilines is 1. The van der Waals surface area contributed by atoms with Crippen molar-refractivity contribution in [3.05, 3.63) is 72.3 Å². The van der Waals surface area contributed by atoms with E-state index in [1.165, 1.54) is 12.4 Å². The van der Waals surface area contributed by atoms with Crippen molar-refractivity contribution in [3.63, 3.8) is 0 Å². The lowest BCUT2D eigenvalue weighted by molar-refractivity contribution is -0.127. The molecular weight excluding hydrogens is 511 g/mol. The van der Waals surface area contributed by atoms with Crippen molar-refractivity contribution >= 4 is 22.8 Å². The van der Waals surface area contributed by atoms with Crippen molar-refractivity contribution in [1.82, 2.24) is 24.6 Å². The zero-order chi connectivity index (χ0) is 27.9. The molecule has 4 aromatic rings. The summed E-state index contributed by atoms with van der Waals surface area (Å²) < 4.78 is 22.8. The summed E-state index contributed by atoms with van der Waals surface area (Å²) in [5.74, 6) is 0.216. The molecule has 6 rings (SSSR count). The van der Waals surface area contributed by atoms with E-state index in [0.717, 1.165) is 25.7 Å². The normalized spacial score (nSPS) is 18.1. The number of aromatic nitrogens is 4. The van der Waals surface area contributed by atoms with E-state index in [0.29, 0.717) is 41.3 Å². The molecule has 40 heavy (non-hydrogen) atoms. The highest BCUT2D eigenvalue weighted by Gasteiger charge is 2.39. The van der Waals surface area contributed by atoms with E-state index in [2.05, 4.69) is 9.97 Å². The van der Waals surface area contributed by atoms with E-state index in [-0.39, 0.29) is 28.9 Å². The van der Waals surface area contributed by atoms with Crippen molar-refractivity contribution < 1.29 is 13.9 Å². The summed E-state index contributed by atoms with van der Waals surface area (Å²) in [6.07, 6.45) is 5.94. The third-order valence-electron chi connectivity index (χ3n) is 7.36. The Hall–Kier alpha value is -4.82. The first kappa shape index (κ1) is 25.5. The van der Waals surface area contributed by atoms with Crippen molar-refractivity contribution in [3.8, 4) is 28.8 Å². The Morgan fingerprint density at radius 1 is 1.20 bits per heavy atom. The average molecular weight is 539 g/mol. The van der Waals surface area contributed by atoms with Gasteiger partial charge in [0.2, 0.25) is 0 Å². The molecule has 1 amide bonds. The largest absolute Gasteiger partial charge is 0.457 e. The molecule has 2 aromatic heterocycles. The Kier molecular flexibility index (Phi) is 6.40. The zero-order valence-electron chi connectivity index (χ0n) is 21.6. The van der Waals surface area contributed by atoms with E-state index >= 15 is 4.39 Å². The van der Waals surface area contributed by atoms with Crippen LogP contribution in [0.15, 0.2) is 66.5 Å². The van der Waals surface area contributed by atoms with Crippen LogP contribution in [-0.2, 0) is 11.3 Å². The number of benzene rings is 2. The molecule has 2 aliphatic rings. The number of nitriles is 1. The molecule has 10 nitrogen and oxygen atoms in total. The van der Waals surface area contributed by atoms with Gasteiger partial charge in [0.15, 0.2) is 5.65 Å². The molecule has 4 N–H and O–H groups in total. The minimum absolute atomic E-state index is 0.0596. The lowest BCUT2D eigenvalue weighted by atomic mass is 10.1. The first-order valence-electron chi connectivity index (χ1n) is 13.1. The van der Waals surface area contributed by atoms with E-state index in [1.54, 1.807) is 39.9 Å². The van der Waals surface area contributed by atoms with Crippen LogP contribution in [0.2, 0.25) is 0 Å². The number of halogens is 1. The van der Waals surface area contributed by atoms with Gasteiger partial charge in [0.25, 0.3) is 5.91 Å². The molecule has 1 saturated heterocycles. The topological polar surface area (TPSA) is 149 Å². The summed E-state index contributed by atoms with van der Waals surface area (Å²) in [6.45, 7) is 0.808. The van der Waals surface area contributed by atoms with Gasteiger partial charge >= 0.3 is 0 Å². The highest BCUT2D eigenvalue weighted by atomic mass is 19.1. The number of carbonyl (C=O) groups is 1. The summed E-state index contributed by atoms with van der Waals surface area (Å²) in [5, 5.41) is 14.8. The van der Waals surface area contributed by atoms with E-state index < -0.39 is 11.4 Å². The molecule has 1 aliphatic carbocycles. The molecule has 0 radical (unpaired) electrons. The molecule has 3 heterocycles. The molecule has 0 unspecified atom stereocenters. The van der Waals surface area contributed by atoms with Gasteiger partial charge in [-0.2, -0.15) is 10.4 Å². The minimum atomic E-state index is -0.566. The van der Waals surface area contributed by atoms with Gasteiger partial charge in [-0.05, 0) is 56.0 Å². The summed E-state index contributed by atoms with van der Waals surface area (Å²) in [5.41, 5.74) is 12.8. The molecular formula is C29H27FN8O2. The number of ether oxygens (including phenoxy) is 1. The van der Waals surface area contributed by atoms with Gasteiger partial charge in [-0.1, -0.05) is 18.2 Å². The number of fused-ring (bicyclic) bond motifs is 1. The van der Waals surface area contributed by atoms with Gasteiger partial charge in [-0.15, -0.1) is 0 Å². The number of hydrogen-bond donors (Lipinski definition) is 2. The van der Waals surface area contributed by atoms with Crippen LogP contribution in [0.1, 0.15) is 25.7 Å². The molecule has 202 valence electrons. The highest BCUT2D eigenvalue weighted by molar-refractivity contribution is 5.99. The third kappa shape index (κ3) is 4.85. The second-order valence-electron chi connectivity index (χ2n) is 10.2. The highest BCUT2D eigenvalue weighted by Crippen LogP contribution is 2.36. The van der Waals surface area contributed by atoms with Crippen LogP contribution >= 0.6 is 0 Å². The predicted molar refractivity (Wildman–Crippen MR) is 146 cm³/mol. The fourth-order valence-electron chi connectivity index (χ4n) is 5.09. The molecule has 1 saturated carbocycles. The smallest absolute Gasteiger partial charge is 0.264 e. The summed E-state index contributed by atoms with van der Waals surface area (Å²) >= 11 is 0. The lowest BCUT2D eigenvalue weighted by Gasteiger charge is -2.24. The molecule has 0 spiro atoms. The summed E-state index contributed by atoms with van der Waals surface area (Å²) in [6, 6.07) is 15.4. The Morgan fingerprint density at radius 3 is 2.73 bits per heavy atom. The summed E-state index contributed by atoms with van der Waals surface area (Å²) in [7, 11) is 0. The average Bonchev–Trinajstić information content (AvgIpc) is 3.32. The van der Waals surface area contributed by atoms with Gasteiger partial charge in [-0.3, -0.25) is 4.79 Å². The molecule has 11 heteroatoms. The van der Waals surface area contributed by atoms with Gasteiger partial charge < -0.3 is 21.1 Å². The first-order chi connectivity index (χ1) is 19.3. The SMILES string of the molecule is N#C/C(=C\C1(N)CC1)C(=O)N1CCC[C@@H]1Cn1nc(-c2ccc(Oc3ccccc3)cc2F)c2c(N)ncnc21. The molecule has 1 atom stereocenters. The van der Waals surface area contributed by atoms with Crippen LogP contribution in [0.5, 0.6) is 11.5 Å². The minimum Gasteiger partial charge on any atom is -0.457 e. The Labute approximate surface area is 229 Å². The molecule has 2 aromatic carbocycles. The van der Waals surface area contributed by atoms with Crippen molar-refractivity contribution in [2.45, 2.75) is 43.8 Å². The fraction of sp³-hybridized carbons (Fsp3) is 0.276. The van der Waals surface area contributed by atoms with Crippen LogP contribution in [0.25, 0.3) is 22.3 Å². The Balaban J connectivity index is 1.31. The number of likely N-dealkylation sites (tertiary alicyclic amines) is 1. The van der Waals surface area contributed by atoms with Crippen molar-refractivity contribution in [1.29, 1.82) is 5.26 Å². The van der Waals surface area contributed by atoms with Crippen molar-refractivity contribution in [2.75, 3.05) is 12.3 Å². The van der Waals surface area contributed by atoms with E-state index in [1.807, 2.05) is 24.3 Å². The molecule has 2 fully saturated rings.